The molecule has 0 saturated carbocycles. The molecule has 1 heterocycles. The Balaban J connectivity index is 2.05. The normalized spacial score (nSPS) is 10.6. The monoisotopic (exact) mass is 235 g/mol. The van der Waals surface area contributed by atoms with Gasteiger partial charge in [0.2, 0.25) is 0 Å². The number of hydrogen-bond acceptors (Lipinski definition) is 2. The van der Waals surface area contributed by atoms with Crippen molar-refractivity contribution in [1.29, 1.82) is 0 Å². The summed E-state index contributed by atoms with van der Waals surface area (Å²) in [7, 11) is 0. The van der Waals surface area contributed by atoms with Crippen molar-refractivity contribution in [3.63, 3.8) is 0 Å². The van der Waals surface area contributed by atoms with Gasteiger partial charge < -0.3 is 10.2 Å². The molecule has 0 saturated heterocycles. The molecular formula is C13H14ClNO. The molecule has 0 aliphatic rings. The zero-order chi connectivity index (χ0) is 11.4. The van der Waals surface area contributed by atoms with Crippen LogP contribution in [0.3, 0.4) is 0 Å². The molecule has 1 aromatic heterocycles. The van der Waals surface area contributed by atoms with E-state index >= 15 is 0 Å². The Labute approximate surface area is 100 Å². The van der Waals surface area contributed by atoms with Crippen LogP contribution in [0.2, 0.25) is 5.02 Å². The topological polar surface area (TPSA) is 39.2 Å². The van der Waals surface area contributed by atoms with Crippen molar-refractivity contribution in [3.8, 4) is 0 Å². The van der Waals surface area contributed by atoms with E-state index in [-0.39, 0.29) is 0 Å². The number of benzene rings is 1. The van der Waals surface area contributed by atoms with Crippen molar-refractivity contribution in [2.75, 3.05) is 6.54 Å². The van der Waals surface area contributed by atoms with E-state index in [9.17, 15) is 0 Å². The number of rotatable bonds is 4. The fraction of sp³-hybridized carbons (Fsp3) is 0.231. The van der Waals surface area contributed by atoms with Crippen LogP contribution in [-0.4, -0.2) is 6.54 Å². The Morgan fingerprint density at radius 3 is 2.38 bits per heavy atom. The molecule has 0 radical (unpaired) electrons. The van der Waals surface area contributed by atoms with Crippen LogP contribution in [0.1, 0.15) is 17.1 Å². The third kappa shape index (κ3) is 2.87. The summed E-state index contributed by atoms with van der Waals surface area (Å²) in [6.07, 6.45) is 1.59. The van der Waals surface area contributed by atoms with Gasteiger partial charge in [-0.15, -0.1) is 0 Å². The average Bonchev–Trinajstić information content (AvgIpc) is 2.70. The fourth-order valence-corrected chi connectivity index (χ4v) is 1.72. The molecule has 84 valence electrons. The zero-order valence-electron chi connectivity index (χ0n) is 8.95. The Kier molecular flexibility index (Phi) is 3.65. The molecular weight excluding hydrogens is 222 g/mol. The summed E-state index contributed by atoms with van der Waals surface area (Å²) in [6, 6.07) is 11.8. The van der Waals surface area contributed by atoms with Gasteiger partial charge in [-0.05, 0) is 36.4 Å². The molecule has 0 aliphatic heterocycles. The average molecular weight is 236 g/mol. The van der Waals surface area contributed by atoms with Gasteiger partial charge in [0.1, 0.15) is 11.5 Å². The maximum Gasteiger partial charge on any atom is 0.108 e. The lowest BCUT2D eigenvalue weighted by Gasteiger charge is -1.98. The first kappa shape index (κ1) is 11.2. The molecule has 3 heteroatoms. The van der Waals surface area contributed by atoms with Crippen molar-refractivity contribution >= 4 is 11.6 Å². The summed E-state index contributed by atoms with van der Waals surface area (Å²) in [4.78, 5) is 0. The van der Waals surface area contributed by atoms with Crippen LogP contribution in [0.4, 0.5) is 0 Å². The van der Waals surface area contributed by atoms with Crippen LogP contribution in [0.25, 0.3) is 0 Å². The van der Waals surface area contributed by atoms with E-state index in [4.69, 9.17) is 21.8 Å². The molecule has 0 amide bonds. The second-order valence-corrected chi connectivity index (χ2v) is 4.15. The van der Waals surface area contributed by atoms with E-state index in [0.29, 0.717) is 6.54 Å². The minimum Gasteiger partial charge on any atom is -0.466 e. The third-order valence-corrected chi connectivity index (χ3v) is 2.65. The van der Waals surface area contributed by atoms with E-state index in [1.54, 1.807) is 0 Å². The zero-order valence-corrected chi connectivity index (χ0v) is 9.70. The van der Waals surface area contributed by atoms with Crippen LogP contribution in [0, 0.1) is 0 Å². The van der Waals surface area contributed by atoms with Crippen molar-refractivity contribution in [3.05, 3.63) is 58.5 Å². The number of nitrogens with two attached hydrogens (primary N) is 1. The van der Waals surface area contributed by atoms with Gasteiger partial charge in [-0.2, -0.15) is 0 Å². The highest BCUT2D eigenvalue weighted by Crippen LogP contribution is 2.15. The smallest absolute Gasteiger partial charge is 0.108 e. The SMILES string of the molecule is NCCc1ccc(Cc2ccc(Cl)cc2)o1. The van der Waals surface area contributed by atoms with Crippen LogP contribution in [-0.2, 0) is 12.8 Å². The summed E-state index contributed by atoms with van der Waals surface area (Å²) >= 11 is 5.82. The second-order valence-electron chi connectivity index (χ2n) is 3.71. The van der Waals surface area contributed by atoms with Gasteiger partial charge in [-0.3, -0.25) is 0 Å². The van der Waals surface area contributed by atoms with E-state index in [2.05, 4.69) is 0 Å². The van der Waals surface area contributed by atoms with Gasteiger partial charge in [0.05, 0.1) is 0 Å². The standard InChI is InChI=1S/C13H14ClNO/c14-11-3-1-10(2-4-11)9-13-6-5-12(16-13)7-8-15/h1-6H,7-9,15H2. The summed E-state index contributed by atoms with van der Waals surface area (Å²) in [5.41, 5.74) is 6.66. The second kappa shape index (κ2) is 5.19. The van der Waals surface area contributed by atoms with E-state index < -0.39 is 0 Å². The molecule has 1 aromatic carbocycles. The van der Waals surface area contributed by atoms with Crippen LogP contribution >= 0.6 is 11.6 Å². The first-order valence-electron chi connectivity index (χ1n) is 5.30. The quantitative estimate of drug-likeness (QED) is 0.885. The lowest BCUT2D eigenvalue weighted by atomic mass is 10.1. The largest absolute Gasteiger partial charge is 0.466 e. The molecule has 0 unspecified atom stereocenters. The molecule has 16 heavy (non-hydrogen) atoms. The molecule has 2 rings (SSSR count). The molecule has 0 atom stereocenters. The first-order valence-corrected chi connectivity index (χ1v) is 5.68. The highest BCUT2D eigenvalue weighted by atomic mass is 35.5. The molecule has 0 spiro atoms. The van der Waals surface area contributed by atoms with Crippen LogP contribution < -0.4 is 5.73 Å². The van der Waals surface area contributed by atoms with Gasteiger partial charge >= 0.3 is 0 Å². The van der Waals surface area contributed by atoms with Crippen LogP contribution in [0.15, 0.2) is 40.8 Å². The highest BCUT2D eigenvalue weighted by molar-refractivity contribution is 6.30. The van der Waals surface area contributed by atoms with Gasteiger partial charge in [0, 0.05) is 17.9 Å². The number of hydrogen-bond donors (Lipinski definition) is 1. The Morgan fingerprint density at radius 1 is 1.00 bits per heavy atom. The molecule has 0 aliphatic carbocycles. The van der Waals surface area contributed by atoms with E-state index in [0.717, 1.165) is 29.4 Å². The predicted molar refractivity (Wildman–Crippen MR) is 65.7 cm³/mol. The summed E-state index contributed by atoms with van der Waals surface area (Å²) in [5, 5.41) is 0.756. The molecule has 0 fully saturated rings. The van der Waals surface area contributed by atoms with Gasteiger partial charge in [-0.25, -0.2) is 0 Å². The van der Waals surface area contributed by atoms with Crippen molar-refractivity contribution in [2.45, 2.75) is 12.8 Å². The Bertz CT molecular complexity index is 447. The Morgan fingerprint density at radius 2 is 1.69 bits per heavy atom. The van der Waals surface area contributed by atoms with Gasteiger partial charge in [-0.1, -0.05) is 23.7 Å². The van der Waals surface area contributed by atoms with E-state index in [1.165, 1.54) is 5.56 Å². The Hall–Kier alpha value is -1.25. The summed E-state index contributed by atoms with van der Waals surface area (Å²) in [6.45, 7) is 0.619. The fourth-order valence-electron chi connectivity index (χ4n) is 1.60. The first-order chi connectivity index (χ1) is 7.78. The minimum atomic E-state index is 0.619. The van der Waals surface area contributed by atoms with Crippen molar-refractivity contribution in [2.24, 2.45) is 5.73 Å². The van der Waals surface area contributed by atoms with Gasteiger partial charge in [0.15, 0.2) is 0 Å². The predicted octanol–water partition coefficient (Wildman–Crippen LogP) is 3.03. The van der Waals surface area contributed by atoms with Gasteiger partial charge in [0.25, 0.3) is 0 Å². The van der Waals surface area contributed by atoms with Crippen LogP contribution in [0.5, 0.6) is 0 Å². The minimum absolute atomic E-state index is 0.619. The summed E-state index contributed by atoms with van der Waals surface area (Å²) < 4.78 is 5.65. The molecule has 2 aromatic rings. The molecule has 2 N–H and O–H groups in total. The number of furan rings is 1. The van der Waals surface area contributed by atoms with Crippen molar-refractivity contribution < 1.29 is 4.42 Å². The number of halogens is 1. The molecule has 2 nitrogen and oxygen atoms in total. The maximum atomic E-state index is 5.82. The van der Waals surface area contributed by atoms with Crippen molar-refractivity contribution in [1.82, 2.24) is 0 Å². The highest BCUT2D eigenvalue weighted by Gasteiger charge is 2.02. The molecule has 0 bridgehead atoms. The third-order valence-electron chi connectivity index (χ3n) is 2.40. The maximum absolute atomic E-state index is 5.82. The summed E-state index contributed by atoms with van der Waals surface area (Å²) in [5.74, 6) is 1.91. The lowest BCUT2D eigenvalue weighted by Crippen LogP contribution is -2.01. The van der Waals surface area contributed by atoms with E-state index in [1.807, 2.05) is 36.4 Å². The lowest BCUT2D eigenvalue weighted by molar-refractivity contribution is 0.474.